The lowest BCUT2D eigenvalue weighted by Crippen LogP contribution is -2.35. The van der Waals surface area contributed by atoms with E-state index in [4.69, 9.17) is 0 Å². The van der Waals surface area contributed by atoms with Crippen LogP contribution in [0.4, 0.5) is 5.69 Å². The highest BCUT2D eigenvalue weighted by Crippen LogP contribution is 2.23. The quantitative estimate of drug-likeness (QED) is 0.889. The number of aryl methyl sites for hydroxylation is 2. The smallest absolute Gasteiger partial charge is 0.255 e. The monoisotopic (exact) mass is 372 g/mol. The number of anilines is 1. The largest absolute Gasteiger partial charge is 0.322 e. The summed E-state index contributed by atoms with van der Waals surface area (Å²) in [5, 5.41) is 2.81. The normalized spacial score (nSPS) is 15.6. The molecule has 0 aromatic heterocycles. The Kier molecular flexibility index (Phi) is 5.44. The Bertz CT molecular complexity index is 916. The summed E-state index contributed by atoms with van der Waals surface area (Å²) in [5.74, 6) is -0.241. The van der Waals surface area contributed by atoms with Gasteiger partial charge in [0.05, 0.1) is 4.90 Å². The lowest BCUT2D eigenvalue weighted by Gasteiger charge is -2.26. The number of sulfonamides is 1. The van der Waals surface area contributed by atoms with Crippen molar-refractivity contribution in [2.75, 3.05) is 18.4 Å². The average Bonchev–Trinajstić information content (AvgIpc) is 2.62. The molecule has 0 spiro atoms. The van der Waals surface area contributed by atoms with Crippen LogP contribution in [0.3, 0.4) is 0 Å². The Morgan fingerprint density at radius 1 is 1.00 bits per heavy atom. The van der Waals surface area contributed by atoms with Crippen molar-refractivity contribution >= 4 is 21.6 Å². The number of carbonyl (C=O) groups excluding carboxylic acids is 1. The first-order valence-electron chi connectivity index (χ1n) is 8.87. The second kappa shape index (κ2) is 7.60. The fourth-order valence-electron chi connectivity index (χ4n) is 3.26. The molecule has 0 bridgehead atoms. The Balaban J connectivity index is 1.82. The Morgan fingerprint density at radius 3 is 2.42 bits per heavy atom. The van der Waals surface area contributed by atoms with Crippen LogP contribution in [-0.4, -0.2) is 31.7 Å². The van der Waals surface area contributed by atoms with Gasteiger partial charge in [-0.25, -0.2) is 8.42 Å². The zero-order valence-corrected chi connectivity index (χ0v) is 16.0. The molecule has 6 heteroatoms. The van der Waals surface area contributed by atoms with Crippen molar-refractivity contribution in [2.45, 2.75) is 38.0 Å². The molecule has 0 radical (unpaired) electrons. The van der Waals surface area contributed by atoms with Crippen LogP contribution in [0, 0.1) is 13.8 Å². The molecular weight excluding hydrogens is 348 g/mol. The van der Waals surface area contributed by atoms with E-state index < -0.39 is 10.0 Å². The third-order valence-corrected chi connectivity index (χ3v) is 6.57. The molecule has 2 aromatic rings. The minimum Gasteiger partial charge on any atom is -0.322 e. The molecule has 0 saturated carbocycles. The van der Waals surface area contributed by atoms with Gasteiger partial charge in [0.2, 0.25) is 10.0 Å². The van der Waals surface area contributed by atoms with Gasteiger partial charge in [0.15, 0.2) is 0 Å². The molecule has 138 valence electrons. The summed E-state index contributed by atoms with van der Waals surface area (Å²) in [7, 11) is -3.52. The van der Waals surface area contributed by atoms with Crippen molar-refractivity contribution in [3.05, 3.63) is 59.2 Å². The third kappa shape index (κ3) is 3.97. The summed E-state index contributed by atoms with van der Waals surface area (Å²) in [5.41, 5.74) is 3.04. The second-order valence-corrected chi connectivity index (χ2v) is 8.70. The van der Waals surface area contributed by atoms with Gasteiger partial charge in [0.1, 0.15) is 0 Å². The average molecular weight is 372 g/mol. The Labute approximate surface area is 155 Å². The number of amides is 1. The van der Waals surface area contributed by atoms with Crippen LogP contribution in [0.1, 0.15) is 40.7 Å². The highest BCUT2D eigenvalue weighted by atomic mass is 32.2. The number of carbonyl (C=O) groups is 1. The summed E-state index contributed by atoms with van der Waals surface area (Å²) in [6.07, 6.45) is 2.85. The van der Waals surface area contributed by atoms with Gasteiger partial charge in [-0.3, -0.25) is 4.79 Å². The minimum atomic E-state index is -3.52. The third-order valence-electron chi connectivity index (χ3n) is 4.67. The second-order valence-electron chi connectivity index (χ2n) is 6.77. The number of benzene rings is 2. The summed E-state index contributed by atoms with van der Waals surface area (Å²) in [6.45, 7) is 4.98. The van der Waals surface area contributed by atoms with Crippen LogP contribution in [-0.2, 0) is 10.0 Å². The number of rotatable bonds is 4. The number of hydrogen-bond acceptors (Lipinski definition) is 3. The number of piperidine rings is 1. The lowest BCUT2D eigenvalue weighted by atomic mass is 10.1. The van der Waals surface area contributed by atoms with Crippen LogP contribution in [0.15, 0.2) is 47.4 Å². The minimum absolute atomic E-state index is 0.220. The van der Waals surface area contributed by atoms with E-state index >= 15 is 0 Å². The molecule has 0 aliphatic carbocycles. The van der Waals surface area contributed by atoms with Crippen LogP contribution in [0.25, 0.3) is 0 Å². The topological polar surface area (TPSA) is 66.5 Å². The van der Waals surface area contributed by atoms with Crippen LogP contribution < -0.4 is 5.32 Å². The van der Waals surface area contributed by atoms with Gasteiger partial charge >= 0.3 is 0 Å². The number of nitrogens with zero attached hydrogens (tertiary/aromatic N) is 1. The maximum atomic E-state index is 12.8. The molecule has 1 N–H and O–H groups in total. The van der Waals surface area contributed by atoms with Crippen molar-refractivity contribution in [3.8, 4) is 0 Å². The lowest BCUT2D eigenvalue weighted by molar-refractivity contribution is 0.102. The number of nitrogens with one attached hydrogen (secondary N) is 1. The maximum Gasteiger partial charge on any atom is 0.255 e. The van der Waals surface area contributed by atoms with Gasteiger partial charge in [-0.05, 0) is 56.5 Å². The molecule has 26 heavy (non-hydrogen) atoms. The zero-order chi connectivity index (χ0) is 18.7. The molecule has 2 aromatic carbocycles. The number of hydrogen-bond donors (Lipinski definition) is 1. The van der Waals surface area contributed by atoms with E-state index in [0.29, 0.717) is 24.3 Å². The van der Waals surface area contributed by atoms with E-state index in [0.717, 1.165) is 30.4 Å². The molecule has 1 heterocycles. The van der Waals surface area contributed by atoms with Crippen LogP contribution >= 0.6 is 0 Å². The predicted molar refractivity (Wildman–Crippen MR) is 103 cm³/mol. The maximum absolute atomic E-state index is 12.8. The molecule has 5 nitrogen and oxygen atoms in total. The predicted octanol–water partition coefficient (Wildman–Crippen LogP) is 3.73. The standard InChI is InChI=1S/C20H24N2O3S/c1-15-9-10-19(16(2)13-15)20(23)21-17-7-6-8-18(14-17)26(24,25)22-11-4-3-5-12-22/h6-10,13-14H,3-5,11-12H2,1-2H3,(H,21,23). The fraction of sp³-hybridized carbons (Fsp3) is 0.350. The van der Waals surface area contributed by atoms with E-state index in [1.54, 1.807) is 24.3 Å². The first-order chi connectivity index (χ1) is 12.4. The summed E-state index contributed by atoms with van der Waals surface area (Å²) >= 11 is 0. The van der Waals surface area contributed by atoms with Crippen molar-refractivity contribution in [3.63, 3.8) is 0 Å². The van der Waals surface area contributed by atoms with E-state index in [9.17, 15) is 13.2 Å². The first kappa shape index (κ1) is 18.6. The van der Waals surface area contributed by atoms with Gasteiger partial charge in [0, 0.05) is 24.3 Å². The van der Waals surface area contributed by atoms with E-state index in [2.05, 4.69) is 5.32 Å². The SMILES string of the molecule is Cc1ccc(C(=O)Nc2cccc(S(=O)(=O)N3CCCCC3)c2)c(C)c1. The summed E-state index contributed by atoms with van der Waals surface area (Å²) in [4.78, 5) is 12.8. The molecular formula is C20H24N2O3S. The molecule has 3 rings (SSSR count). The van der Waals surface area contributed by atoms with Gasteiger partial charge in [-0.2, -0.15) is 4.31 Å². The molecule has 1 aliphatic heterocycles. The van der Waals surface area contributed by atoms with Gasteiger partial charge in [-0.15, -0.1) is 0 Å². The van der Waals surface area contributed by atoms with Gasteiger partial charge in [-0.1, -0.05) is 30.2 Å². The molecule has 1 aliphatic rings. The van der Waals surface area contributed by atoms with Crippen molar-refractivity contribution in [1.29, 1.82) is 0 Å². The van der Waals surface area contributed by atoms with E-state index in [-0.39, 0.29) is 10.8 Å². The molecule has 1 fully saturated rings. The van der Waals surface area contributed by atoms with Crippen LogP contribution in [0.2, 0.25) is 0 Å². The van der Waals surface area contributed by atoms with Gasteiger partial charge < -0.3 is 5.32 Å². The molecule has 0 unspecified atom stereocenters. The molecule has 1 saturated heterocycles. The van der Waals surface area contributed by atoms with E-state index in [1.165, 1.54) is 10.4 Å². The highest BCUT2D eigenvalue weighted by molar-refractivity contribution is 7.89. The van der Waals surface area contributed by atoms with Crippen molar-refractivity contribution in [2.24, 2.45) is 0 Å². The first-order valence-corrected chi connectivity index (χ1v) is 10.3. The molecule has 0 atom stereocenters. The van der Waals surface area contributed by atoms with E-state index in [1.807, 2.05) is 26.0 Å². The van der Waals surface area contributed by atoms with Crippen molar-refractivity contribution in [1.82, 2.24) is 4.31 Å². The Hall–Kier alpha value is -2.18. The highest BCUT2D eigenvalue weighted by Gasteiger charge is 2.26. The fourth-order valence-corrected chi connectivity index (χ4v) is 4.82. The summed E-state index contributed by atoms with van der Waals surface area (Å²) in [6, 6.07) is 12.1. The summed E-state index contributed by atoms with van der Waals surface area (Å²) < 4.78 is 27.1. The zero-order valence-electron chi connectivity index (χ0n) is 15.2. The van der Waals surface area contributed by atoms with Gasteiger partial charge in [0.25, 0.3) is 5.91 Å². The Morgan fingerprint density at radius 2 is 1.73 bits per heavy atom. The van der Waals surface area contributed by atoms with Crippen molar-refractivity contribution < 1.29 is 13.2 Å². The van der Waals surface area contributed by atoms with Crippen LogP contribution in [0.5, 0.6) is 0 Å². The molecule has 1 amide bonds.